The van der Waals surface area contributed by atoms with Gasteiger partial charge in [0, 0.05) is 26.2 Å². The fraction of sp³-hybridized carbons (Fsp3) is 0.429. The Balaban J connectivity index is 1.77. The number of halogens is 1. The maximum atomic E-state index is 12.1. The molecule has 1 fully saturated rings. The molecule has 106 valence electrons. The molecule has 0 N–H and O–H groups in total. The lowest BCUT2D eigenvalue weighted by Crippen LogP contribution is -2.42. The summed E-state index contributed by atoms with van der Waals surface area (Å²) in [6.07, 6.45) is 0. The Bertz CT molecular complexity index is 555. The predicted octanol–water partition coefficient (Wildman–Crippen LogP) is 1.20. The van der Waals surface area contributed by atoms with Gasteiger partial charge in [-0.15, -0.1) is 0 Å². The van der Waals surface area contributed by atoms with Crippen molar-refractivity contribution < 1.29 is 14.3 Å². The second-order valence-corrected chi connectivity index (χ2v) is 5.28. The third-order valence-corrected chi connectivity index (χ3v) is 3.99. The number of rotatable bonds is 3. The van der Waals surface area contributed by atoms with Gasteiger partial charge in [-0.3, -0.25) is 14.5 Å². The first kappa shape index (κ1) is 13.5. The van der Waals surface area contributed by atoms with Crippen molar-refractivity contribution in [2.45, 2.75) is 0 Å². The molecule has 0 unspecified atom stereocenters. The van der Waals surface area contributed by atoms with Gasteiger partial charge >= 0.3 is 0 Å². The molecule has 2 aliphatic heterocycles. The standard InChI is InChI=1S/C14H15ClN2O3/c15-11-3-1-2-10-12(11)17(14(19)13(10)18)5-4-16-6-8-20-9-7-16/h1-3H,4-9H2. The maximum Gasteiger partial charge on any atom is 0.299 e. The van der Waals surface area contributed by atoms with E-state index in [1.165, 1.54) is 4.90 Å². The number of morpholine rings is 1. The van der Waals surface area contributed by atoms with Crippen molar-refractivity contribution in [1.82, 2.24) is 4.90 Å². The number of carbonyl (C=O) groups excluding carboxylic acids is 2. The highest BCUT2D eigenvalue weighted by atomic mass is 35.5. The summed E-state index contributed by atoms with van der Waals surface area (Å²) in [7, 11) is 0. The molecule has 20 heavy (non-hydrogen) atoms. The van der Waals surface area contributed by atoms with E-state index in [1.807, 2.05) is 0 Å². The molecular formula is C14H15ClN2O3. The Kier molecular flexibility index (Phi) is 3.74. The summed E-state index contributed by atoms with van der Waals surface area (Å²) in [6.45, 7) is 4.32. The van der Waals surface area contributed by atoms with Crippen LogP contribution in [0.15, 0.2) is 18.2 Å². The Morgan fingerprint density at radius 3 is 2.65 bits per heavy atom. The first-order valence-corrected chi connectivity index (χ1v) is 7.01. The molecule has 0 radical (unpaired) electrons. The van der Waals surface area contributed by atoms with Crippen LogP contribution in [0.1, 0.15) is 10.4 Å². The average Bonchev–Trinajstić information content (AvgIpc) is 2.72. The number of ketones is 1. The average molecular weight is 295 g/mol. The van der Waals surface area contributed by atoms with Gasteiger partial charge in [0.25, 0.3) is 11.7 Å². The minimum atomic E-state index is -0.485. The van der Waals surface area contributed by atoms with Gasteiger partial charge in [0.15, 0.2) is 0 Å². The van der Waals surface area contributed by atoms with Crippen LogP contribution in [-0.4, -0.2) is 56.0 Å². The van der Waals surface area contributed by atoms with Crippen molar-refractivity contribution in [2.24, 2.45) is 0 Å². The molecule has 0 spiro atoms. The highest BCUT2D eigenvalue weighted by molar-refractivity contribution is 6.54. The summed E-state index contributed by atoms with van der Waals surface area (Å²) in [4.78, 5) is 27.7. The molecule has 0 aliphatic carbocycles. The van der Waals surface area contributed by atoms with E-state index in [2.05, 4.69) is 4.90 Å². The number of anilines is 1. The van der Waals surface area contributed by atoms with Crippen LogP contribution < -0.4 is 4.90 Å². The van der Waals surface area contributed by atoms with E-state index >= 15 is 0 Å². The van der Waals surface area contributed by atoms with Crippen LogP contribution in [0.5, 0.6) is 0 Å². The van der Waals surface area contributed by atoms with E-state index in [1.54, 1.807) is 18.2 Å². The predicted molar refractivity (Wildman–Crippen MR) is 75.4 cm³/mol. The minimum Gasteiger partial charge on any atom is -0.379 e. The quantitative estimate of drug-likeness (QED) is 0.786. The first-order chi connectivity index (χ1) is 9.68. The van der Waals surface area contributed by atoms with Gasteiger partial charge in [-0.2, -0.15) is 0 Å². The summed E-state index contributed by atoms with van der Waals surface area (Å²) in [5.74, 6) is -0.953. The number of nitrogens with zero attached hydrogens (tertiary/aromatic N) is 2. The van der Waals surface area contributed by atoms with E-state index < -0.39 is 11.7 Å². The minimum absolute atomic E-state index is 0.407. The first-order valence-electron chi connectivity index (χ1n) is 6.63. The highest BCUT2D eigenvalue weighted by Crippen LogP contribution is 2.35. The lowest BCUT2D eigenvalue weighted by Gasteiger charge is -2.28. The van der Waals surface area contributed by atoms with Crippen LogP contribution in [0, 0.1) is 0 Å². The summed E-state index contributed by atoms with van der Waals surface area (Å²) in [5.41, 5.74) is 0.960. The lowest BCUT2D eigenvalue weighted by atomic mass is 10.1. The van der Waals surface area contributed by atoms with Crippen molar-refractivity contribution in [2.75, 3.05) is 44.3 Å². The van der Waals surface area contributed by atoms with Gasteiger partial charge in [0.05, 0.1) is 29.5 Å². The topological polar surface area (TPSA) is 49.9 Å². The van der Waals surface area contributed by atoms with Crippen molar-refractivity contribution in [3.8, 4) is 0 Å². The molecule has 0 atom stereocenters. The number of hydrogen-bond acceptors (Lipinski definition) is 4. The zero-order valence-electron chi connectivity index (χ0n) is 11.0. The number of ether oxygens (including phenoxy) is 1. The van der Waals surface area contributed by atoms with Gasteiger partial charge < -0.3 is 9.64 Å². The van der Waals surface area contributed by atoms with Crippen molar-refractivity contribution in [3.05, 3.63) is 28.8 Å². The molecule has 0 bridgehead atoms. The van der Waals surface area contributed by atoms with E-state index in [-0.39, 0.29) is 0 Å². The molecule has 1 amide bonds. The van der Waals surface area contributed by atoms with Crippen LogP contribution in [0.4, 0.5) is 5.69 Å². The molecule has 1 saturated heterocycles. The summed E-state index contributed by atoms with van der Waals surface area (Å²) in [5, 5.41) is 0.448. The second kappa shape index (κ2) is 5.52. The van der Waals surface area contributed by atoms with Gasteiger partial charge in [0.1, 0.15) is 0 Å². The third kappa shape index (κ3) is 2.32. The highest BCUT2D eigenvalue weighted by Gasteiger charge is 2.37. The van der Waals surface area contributed by atoms with Gasteiger partial charge in [-0.25, -0.2) is 0 Å². The Labute approximate surface area is 122 Å². The fourth-order valence-electron chi connectivity index (χ4n) is 2.59. The monoisotopic (exact) mass is 294 g/mol. The van der Waals surface area contributed by atoms with Crippen LogP contribution in [0.2, 0.25) is 5.02 Å². The van der Waals surface area contributed by atoms with Crippen LogP contribution >= 0.6 is 11.6 Å². The smallest absolute Gasteiger partial charge is 0.299 e. The van der Waals surface area contributed by atoms with Gasteiger partial charge in [0.2, 0.25) is 0 Å². The molecule has 1 aromatic rings. The number of fused-ring (bicyclic) bond motifs is 1. The number of amides is 1. The van der Waals surface area contributed by atoms with Crippen molar-refractivity contribution in [1.29, 1.82) is 0 Å². The van der Waals surface area contributed by atoms with Crippen LogP contribution in [0.25, 0.3) is 0 Å². The molecule has 1 aromatic carbocycles. The Morgan fingerprint density at radius 1 is 1.15 bits per heavy atom. The van der Waals surface area contributed by atoms with Gasteiger partial charge in [-0.1, -0.05) is 17.7 Å². The van der Waals surface area contributed by atoms with Crippen molar-refractivity contribution >= 4 is 29.0 Å². The number of hydrogen-bond donors (Lipinski definition) is 0. The zero-order valence-corrected chi connectivity index (χ0v) is 11.7. The molecular weight excluding hydrogens is 280 g/mol. The third-order valence-electron chi connectivity index (χ3n) is 3.68. The Morgan fingerprint density at radius 2 is 1.90 bits per heavy atom. The summed E-state index contributed by atoms with van der Waals surface area (Å²) >= 11 is 6.14. The van der Waals surface area contributed by atoms with Crippen LogP contribution in [0.3, 0.4) is 0 Å². The number of Topliss-reactive ketones (excluding diaryl/α,β-unsaturated/α-hetero) is 1. The second-order valence-electron chi connectivity index (χ2n) is 4.88. The number of carbonyl (C=O) groups is 2. The summed E-state index contributed by atoms with van der Waals surface area (Å²) < 4.78 is 5.29. The molecule has 5 nitrogen and oxygen atoms in total. The van der Waals surface area contributed by atoms with E-state index in [0.717, 1.165) is 13.1 Å². The van der Waals surface area contributed by atoms with E-state index in [0.29, 0.717) is 42.6 Å². The number of benzene rings is 1. The normalized spacial score (nSPS) is 19.6. The fourth-order valence-corrected chi connectivity index (χ4v) is 2.87. The summed E-state index contributed by atoms with van der Waals surface area (Å²) in [6, 6.07) is 5.04. The van der Waals surface area contributed by atoms with Gasteiger partial charge in [-0.05, 0) is 12.1 Å². The lowest BCUT2D eigenvalue weighted by molar-refractivity contribution is -0.114. The largest absolute Gasteiger partial charge is 0.379 e. The molecule has 0 saturated carbocycles. The Hall–Kier alpha value is -1.43. The van der Waals surface area contributed by atoms with E-state index in [4.69, 9.17) is 16.3 Å². The molecule has 2 aliphatic rings. The van der Waals surface area contributed by atoms with Crippen LogP contribution in [-0.2, 0) is 9.53 Å². The molecule has 3 rings (SSSR count). The molecule has 0 aromatic heterocycles. The molecule has 2 heterocycles. The maximum absolute atomic E-state index is 12.1. The zero-order chi connectivity index (χ0) is 14.1. The van der Waals surface area contributed by atoms with Crippen molar-refractivity contribution in [3.63, 3.8) is 0 Å². The SMILES string of the molecule is O=C1C(=O)N(CCN2CCOCC2)c2c(Cl)cccc21. The number of para-hydroxylation sites is 1. The van der Waals surface area contributed by atoms with E-state index in [9.17, 15) is 9.59 Å². The molecule has 6 heteroatoms.